The van der Waals surface area contributed by atoms with Crippen LogP contribution >= 0.6 is 0 Å². The van der Waals surface area contributed by atoms with Crippen LogP contribution in [-0.4, -0.2) is 17.0 Å². The molecule has 2 saturated heterocycles. The molecule has 0 saturated carbocycles. The molecule has 2 aromatic carbocycles. The lowest BCUT2D eigenvalue weighted by Crippen LogP contribution is -2.58. The number of benzene rings is 2. The van der Waals surface area contributed by atoms with E-state index in [0.717, 1.165) is 13.0 Å². The monoisotopic (exact) mass is 292 g/mol. The number of piperidine rings is 1. The second kappa shape index (κ2) is 5.53. The van der Waals surface area contributed by atoms with Crippen molar-refractivity contribution in [1.82, 2.24) is 4.90 Å². The molecule has 0 spiro atoms. The maximum absolute atomic E-state index is 6.69. The van der Waals surface area contributed by atoms with Gasteiger partial charge in [0.15, 0.2) is 0 Å². The van der Waals surface area contributed by atoms with Gasteiger partial charge in [-0.1, -0.05) is 60.7 Å². The summed E-state index contributed by atoms with van der Waals surface area (Å²) in [6.45, 7) is 1.01. The van der Waals surface area contributed by atoms with Gasteiger partial charge in [-0.2, -0.15) is 0 Å². The molecule has 2 bridgehead atoms. The van der Waals surface area contributed by atoms with Crippen LogP contribution in [0.4, 0.5) is 0 Å². The van der Waals surface area contributed by atoms with Gasteiger partial charge in [-0.05, 0) is 36.8 Å². The summed E-state index contributed by atoms with van der Waals surface area (Å²) in [5, 5.41) is 0. The first-order valence-electron chi connectivity index (χ1n) is 8.42. The van der Waals surface area contributed by atoms with E-state index >= 15 is 0 Å². The van der Waals surface area contributed by atoms with Crippen molar-refractivity contribution in [1.29, 1.82) is 0 Å². The Morgan fingerprint density at radius 3 is 2.32 bits per heavy atom. The molecule has 2 heteroatoms. The third kappa shape index (κ3) is 2.10. The Morgan fingerprint density at radius 2 is 1.59 bits per heavy atom. The number of hydrogen-bond acceptors (Lipinski definition) is 2. The van der Waals surface area contributed by atoms with Gasteiger partial charge in [0.25, 0.3) is 0 Å². The first kappa shape index (κ1) is 14.0. The molecule has 3 unspecified atom stereocenters. The Balaban J connectivity index is 1.75. The van der Waals surface area contributed by atoms with Crippen LogP contribution in [0.25, 0.3) is 0 Å². The highest BCUT2D eigenvalue weighted by atomic mass is 15.3. The zero-order valence-corrected chi connectivity index (χ0v) is 13.0. The minimum atomic E-state index is 0.0278. The summed E-state index contributed by atoms with van der Waals surface area (Å²) in [4.78, 5) is 2.70. The molecule has 2 aliphatic rings. The van der Waals surface area contributed by atoms with Crippen molar-refractivity contribution in [2.75, 3.05) is 0 Å². The Kier molecular flexibility index (Phi) is 3.51. The summed E-state index contributed by atoms with van der Waals surface area (Å²) in [6.07, 6.45) is 4.85. The molecular weight excluding hydrogens is 268 g/mol. The van der Waals surface area contributed by atoms with E-state index in [-0.39, 0.29) is 11.6 Å². The molecule has 2 fully saturated rings. The molecule has 0 radical (unpaired) electrons. The van der Waals surface area contributed by atoms with Gasteiger partial charge in [-0.3, -0.25) is 4.90 Å². The minimum absolute atomic E-state index is 0.0278. The number of fused-ring (bicyclic) bond motifs is 2. The summed E-state index contributed by atoms with van der Waals surface area (Å²) >= 11 is 0. The molecule has 2 aliphatic heterocycles. The Morgan fingerprint density at radius 1 is 0.909 bits per heavy atom. The summed E-state index contributed by atoms with van der Waals surface area (Å²) in [5.41, 5.74) is 9.51. The summed E-state index contributed by atoms with van der Waals surface area (Å²) < 4.78 is 0. The lowest BCUT2D eigenvalue weighted by atomic mass is 9.77. The number of nitrogens with two attached hydrogens (primary N) is 1. The quantitative estimate of drug-likeness (QED) is 0.935. The normalized spacial score (nSPS) is 31.3. The highest BCUT2D eigenvalue weighted by molar-refractivity contribution is 5.31. The molecule has 22 heavy (non-hydrogen) atoms. The van der Waals surface area contributed by atoms with Gasteiger partial charge in [0, 0.05) is 18.6 Å². The van der Waals surface area contributed by atoms with Gasteiger partial charge >= 0.3 is 0 Å². The molecule has 2 aromatic rings. The van der Waals surface area contributed by atoms with Gasteiger partial charge in [0.05, 0.1) is 5.54 Å². The maximum Gasteiger partial charge on any atom is 0.0618 e. The number of nitrogens with zero attached hydrogens (tertiary/aromatic N) is 1. The zero-order valence-electron chi connectivity index (χ0n) is 13.0. The van der Waals surface area contributed by atoms with Crippen LogP contribution in [0.3, 0.4) is 0 Å². The first-order chi connectivity index (χ1) is 10.8. The standard InChI is InChI=1S/C20H24N2/c21-19-12-11-18-13-14-20(19,17-9-5-2-6-10-17)22(18)15-16-7-3-1-4-8-16/h1-10,18-19H,11-15,21H2. The number of hydrogen-bond donors (Lipinski definition) is 1. The predicted octanol–water partition coefficient (Wildman–Crippen LogP) is 3.67. The van der Waals surface area contributed by atoms with Crippen molar-refractivity contribution in [3.63, 3.8) is 0 Å². The van der Waals surface area contributed by atoms with Gasteiger partial charge in [0.1, 0.15) is 0 Å². The second-order valence-electron chi connectivity index (χ2n) is 6.78. The molecule has 0 aromatic heterocycles. The highest BCUT2D eigenvalue weighted by Gasteiger charge is 2.53. The Hall–Kier alpha value is -1.64. The van der Waals surface area contributed by atoms with Crippen molar-refractivity contribution in [2.24, 2.45) is 5.73 Å². The van der Waals surface area contributed by atoms with Crippen LogP contribution in [-0.2, 0) is 12.1 Å². The van der Waals surface area contributed by atoms with Crippen molar-refractivity contribution in [2.45, 2.75) is 49.9 Å². The Bertz CT molecular complexity index is 625. The van der Waals surface area contributed by atoms with E-state index in [1.165, 1.54) is 30.4 Å². The molecule has 3 atom stereocenters. The van der Waals surface area contributed by atoms with E-state index in [2.05, 4.69) is 65.6 Å². The van der Waals surface area contributed by atoms with Crippen molar-refractivity contribution < 1.29 is 0 Å². The number of rotatable bonds is 3. The average molecular weight is 292 g/mol. The third-order valence-electron chi connectivity index (χ3n) is 5.71. The van der Waals surface area contributed by atoms with Crippen LogP contribution in [0.15, 0.2) is 60.7 Å². The van der Waals surface area contributed by atoms with E-state index in [1.807, 2.05) is 0 Å². The molecule has 2 heterocycles. The van der Waals surface area contributed by atoms with Gasteiger partial charge in [-0.15, -0.1) is 0 Å². The minimum Gasteiger partial charge on any atom is -0.326 e. The second-order valence-corrected chi connectivity index (χ2v) is 6.78. The summed E-state index contributed by atoms with van der Waals surface area (Å²) in [5.74, 6) is 0. The average Bonchev–Trinajstić information content (AvgIpc) is 2.84. The third-order valence-corrected chi connectivity index (χ3v) is 5.71. The van der Waals surface area contributed by atoms with E-state index in [0.29, 0.717) is 6.04 Å². The molecule has 114 valence electrons. The lowest BCUT2D eigenvalue weighted by molar-refractivity contribution is 0.0247. The van der Waals surface area contributed by atoms with E-state index < -0.39 is 0 Å². The van der Waals surface area contributed by atoms with Crippen LogP contribution in [0.2, 0.25) is 0 Å². The van der Waals surface area contributed by atoms with Crippen molar-refractivity contribution >= 4 is 0 Å². The first-order valence-corrected chi connectivity index (χ1v) is 8.42. The lowest BCUT2D eigenvalue weighted by Gasteiger charge is -2.49. The zero-order chi connectivity index (χ0) is 15.0. The predicted molar refractivity (Wildman–Crippen MR) is 90.3 cm³/mol. The van der Waals surface area contributed by atoms with Crippen LogP contribution < -0.4 is 5.73 Å². The van der Waals surface area contributed by atoms with Crippen LogP contribution in [0.5, 0.6) is 0 Å². The van der Waals surface area contributed by atoms with Crippen LogP contribution in [0, 0.1) is 0 Å². The molecule has 0 aliphatic carbocycles. The Labute approximate surface area is 132 Å². The molecule has 2 N–H and O–H groups in total. The smallest absolute Gasteiger partial charge is 0.0618 e. The molecule has 4 rings (SSSR count). The van der Waals surface area contributed by atoms with Crippen molar-refractivity contribution in [3.05, 3.63) is 71.8 Å². The maximum atomic E-state index is 6.69. The van der Waals surface area contributed by atoms with E-state index in [9.17, 15) is 0 Å². The fourth-order valence-electron chi connectivity index (χ4n) is 4.62. The largest absolute Gasteiger partial charge is 0.326 e. The fraction of sp³-hybridized carbons (Fsp3) is 0.400. The van der Waals surface area contributed by atoms with E-state index in [4.69, 9.17) is 5.73 Å². The SMILES string of the molecule is NC1CCC2CCC1(c1ccccc1)N2Cc1ccccc1. The van der Waals surface area contributed by atoms with Gasteiger partial charge in [0.2, 0.25) is 0 Å². The van der Waals surface area contributed by atoms with Gasteiger partial charge < -0.3 is 5.73 Å². The molecule has 0 amide bonds. The van der Waals surface area contributed by atoms with E-state index in [1.54, 1.807) is 0 Å². The van der Waals surface area contributed by atoms with Crippen LogP contribution in [0.1, 0.15) is 36.8 Å². The highest BCUT2D eigenvalue weighted by Crippen LogP contribution is 2.50. The molecular formula is C20H24N2. The fourth-order valence-corrected chi connectivity index (χ4v) is 4.62. The summed E-state index contributed by atoms with van der Waals surface area (Å²) in [6, 6.07) is 22.7. The van der Waals surface area contributed by atoms with Crippen molar-refractivity contribution in [3.8, 4) is 0 Å². The van der Waals surface area contributed by atoms with Gasteiger partial charge in [-0.25, -0.2) is 0 Å². The topological polar surface area (TPSA) is 29.3 Å². The molecule has 2 nitrogen and oxygen atoms in total. The summed E-state index contributed by atoms with van der Waals surface area (Å²) in [7, 11) is 0.